The fourth-order valence-electron chi connectivity index (χ4n) is 4.73. The summed E-state index contributed by atoms with van der Waals surface area (Å²) in [5.74, 6) is 0.857. The van der Waals surface area contributed by atoms with Crippen LogP contribution < -0.4 is 5.32 Å². The van der Waals surface area contributed by atoms with Gasteiger partial charge in [0.25, 0.3) is 0 Å². The molecule has 32 heavy (non-hydrogen) atoms. The Morgan fingerprint density at radius 1 is 1.03 bits per heavy atom. The number of aromatic nitrogens is 2. The summed E-state index contributed by atoms with van der Waals surface area (Å²) < 4.78 is 0. The third-order valence-corrected chi connectivity index (χ3v) is 6.63. The second-order valence-corrected chi connectivity index (χ2v) is 8.42. The van der Waals surface area contributed by atoms with E-state index in [2.05, 4.69) is 65.4 Å². The van der Waals surface area contributed by atoms with Crippen LogP contribution in [0.4, 0.5) is 0 Å². The number of hydrogen-bond donors (Lipinski definition) is 2. The standard InChI is InChI=1S/C27H26N4O/c1-4-31(3)27(26(32)28-2)16-21-14-23-24(15-22(21)17-27)30-25(29-23)20-12-10-19(11-13-20)18-8-6-5-7-9-18/h4-15H,1,16-17H2,2-3H3,(H,28,32)(H,29,30). The Morgan fingerprint density at radius 3 is 2.31 bits per heavy atom. The van der Waals surface area contributed by atoms with Gasteiger partial charge in [-0.1, -0.05) is 61.2 Å². The van der Waals surface area contributed by atoms with Crippen molar-refractivity contribution < 1.29 is 4.79 Å². The van der Waals surface area contributed by atoms with Crippen molar-refractivity contribution in [3.8, 4) is 22.5 Å². The number of benzene rings is 3. The van der Waals surface area contributed by atoms with Gasteiger partial charge in [-0.3, -0.25) is 4.79 Å². The molecule has 1 aliphatic rings. The van der Waals surface area contributed by atoms with Crippen LogP contribution in [0.3, 0.4) is 0 Å². The van der Waals surface area contributed by atoms with Crippen molar-refractivity contribution in [3.63, 3.8) is 0 Å². The van der Waals surface area contributed by atoms with E-state index >= 15 is 0 Å². The molecule has 1 unspecified atom stereocenters. The number of amides is 1. The summed E-state index contributed by atoms with van der Waals surface area (Å²) in [6, 6.07) is 23.1. The first-order valence-electron chi connectivity index (χ1n) is 10.8. The van der Waals surface area contributed by atoms with Gasteiger partial charge in [0.2, 0.25) is 5.91 Å². The summed E-state index contributed by atoms with van der Waals surface area (Å²) in [6.07, 6.45) is 3.00. The number of carbonyl (C=O) groups is 1. The maximum absolute atomic E-state index is 12.8. The van der Waals surface area contributed by atoms with Crippen LogP contribution in [-0.4, -0.2) is 40.4 Å². The average molecular weight is 423 g/mol. The normalized spacial score (nSPS) is 14.2. The van der Waals surface area contributed by atoms with E-state index in [0.29, 0.717) is 12.8 Å². The number of imidazole rings is 1. The first kappa shape index (κ1) is 20.1. The molecule has 1 atom stereocenters. The van der Waals surface area contributed by atoms with E-state index in [9.17, 15) is 4.79 Å². The molecule has 5 rings (SSSR count). The summed E-state index contributed by atoms with van der Waals surface area (Å²) in [4.78, 5) is 23.0. The zero-order chi connectivity index (χ0) is 22.3. The lowest BCUT2D eigenvalue weighted by atomic mass is 9.93. The van der Waals surface area contributed by atoms with Crippen molar-refractivity contribution in [2.24, 2.45) is 0 Å². The predicted molar refractivity (Wildman–Crippen MR) is 129 cm³/mol. The molecule has 0 fully saturated rings. The zero-order valence-electron chi connectivity index (χ0n) is 18.4. The quantitative estimate of drug-likeness (QED) is 0.496. The Labute approximate surface area is 187 Å². The Kier molecular flexibility index (Phi) is 4.82. The summed E-state index contributed by atoms with van der Waals surface area (Å²) in [6.45, 7) is 3.87. The molecule has 0 bridgehead atoms. The molecule has 0 saturated heterocycles. The molecule has 0 aliphatic heterocycles. The molecular weight excluding hydrogens is 396 g/mol. The molecule has 0 spiro atoms. The second kappa shape index (κ2) is 7.68. The van der Waals surface area contributed by atoms with E-state index in [1.54, 1.807) is 13.2 Å². The number of carbonyl (C=O) groups excluding carboxylic acids is 1. The monoisotopic (exact) mass is 422 g/mol. The predicted octanol–water partition coefficient (Wildman–Crippen LogP) is 4.56. The van der Waals surface area contributed by atoms with Crippen molar-refractivity contribution in [2.45, 2.75) is 18.4 Å². The van der Waals surface area contributed by atoms with Crippen LogP contribution in [0.5, 0.6) is 0 Å². The number of fused-ring (bicyclic) bond motifs is 2. The summed E-state index contributed by atoms with van der Waals surface area (Å²) in [5, 5.41) is 2.83. The average Bonchev–Trinajstić information content (AvgIpc) is 3.43. The number of H-pyrrole nitrogens is 1. The smallest absolute Gasteiger partial charge is 0.246 e. The maximum atomic E-state index is 12.8. The SMILES string of the molecule is C=CN(C)C1(C(=O)NC)Cc2cc3nc(-c4ccc(-c5ccccc5)cc4)[nH]c3cc2C1. The van der Waals surface area contributed by atoms with Crippen molar-refractivity contribution in [3.05, 3.63) is 90.6 Å². The molecule has 0 saturated carbocycles. The Bertz CT molecular complexity index is 1260. The first-order valence-corrected chi connectivity index (χ1v) is 10.8. The molecule has 0 radical (unpaired) electrons. The van der Waals surface area contributed by atoms with E-state index in [0.717, 1.165) is 28.0 Å². The van der Waals surface area contributed by atoms with Gasteiger partial charge in [-0.2, -0.15) is 0 Å². The summed E-state index contributed by atoms with van der Waals surface area (Å²) in [5.41, 5.74) is 7.02. The highest BCUT2D eigenvalue weighted by molar-refractivity contribution is 5.90. The lowest BCUT2D eigenvalue weighted by molar-refractivity contribution is -0.130. The van der Waals surface area contributed by atoms with Crippen LogP contribution in [0.2, 0.25) is 0 Å². The third kappa shape index (κ3) is 3.17. The second-order valence-electron chi connectivity index (χ2n) is 8.42. The van der Waals surface area contributed by atoms with Gasteiger partial charge >= 0.3 is 0 Å². The van der Waals surface area contributed by atoms with Crippen LogP contribution in [0.1, 0.15) is 11.1 Å². The van der Waals surface area contributed by atoms with E-state index < -0.39 is 5.54 Å². The highest BCUT2D eigenvalue weighted by Gasteiger charge is 2.46. The number of likely N-dealkylation sites (N-methyl/N-ethyl adjacent to an activating group) is 2. The minimum Gasteiger partial charge on any atom is -0.366 e. The molecule has 1 aromatic heterocycles. The molecule has 1 amide bonds. The highest BCUT2D eigenvalue weighted by atomic mass is 16.2. The third-order valence-electron chi connectivity index (χ3n) is 6.63. The molecular formula is C27H26N4O. The zero-order valence-corrected chi connectivity index (χ0v) is 18.4. The van der Waals surface area contributed by atoms with Crippen molar-refractivity contribution >= 4 is 16.9 Å². The number of rotatable bonds is 5. The number of nitrogens with one attached hydrogen (secondary N) is 2. The topological polar surface area (TPSA) is 61.0 Å². The highest BCUT2D eigenvalue weighted by Crippen LogP contribution is 2.37. The van der Waals surface area contributed by atoms with Gasteiger partial charge in [0.15, 0.2) is 0 Å². The lowest BCUT2D eigenvalue weighted by Crippen LogP contribution is -2.55. The van der Waals surface area contributed by atoms with E-state index in [1.165, 1.54) is 16.7 Å². The molecule has 5 heteroatoms. The summed E-state index contributed by atoms with van der Waals surface area (Å²) in [7, 11) is 3.60. The Hall–Kier alpha value is -3.86. The Morgan fingerprint density at radius 2 is 1.66 bits per heavy atom. The number of nitrogens with zero attached hydrogens (tertiary/aromatic N) is 2. The molecule has 1 aliphatic carbocycles. The number of aromatic amines is 1. The Balaban J connectivity index is 1.47. The van der Waals surface area contributed by atoms with Gasteiger partial charge in [0.05, 0.1) is 11.0 Å². The number of hydrogen-bond acceptors (Lipinski definition) is 3. The fourth-order valence-corrected chi connectivity index (χ4v) is 4.73. The van der Waals surface area contributed by atoms with E-state index in [1.807, 2.05) is 30.1 Å². The van der Waals surface area contributed by atoms with Gasteiger partial charge in [0, 0.05) is 32.5 Å². The van der Waals surface area contributed by atoms with Gasteiger partial charge in [-0.05, 0) is 40.6 Å². The van der Waals surface area contributed by atoms with Gasteiger partial charge in [-0.15, -0.1) is 0 Å². The molecule has 2 N–H and O–H groups in total. The van der Waals surface area contributed by atoms with E-state index in [4.69, 9.17) is 4.98 Å². The van der Waals surface area contributed by atoms with Crippen LogP contribution in [0, 0.1) is 0 Å². The van der Waals surface area contributed by atoms with Crippen LogP contribution in [0.25, 0.3) is 33.5 Å². The van der Waals surface area contributed by atoms with Crippen LogP contribution in [0.15, 0.2) is 79.5 Å². The van der Waals surface area contributed by atoms with Gasteiger partial charge in [-0.25, -0.2) is 4.98 Å². The van der Waals surface area contributed by atoms with E-state index in [-0.39, 0.29) is 5.91 Å². The van der Waals surface area contributed by atoms with Crippen molar-refractivity contribution in [2.75, 3.05) is 14.1 Å². The van der Waals surface area contributed by atoms with Crippen LogP contribution >= 0.6 is 0 Å². The summed E-state index contributed by atoms with van der Waals surface area (Å²) >= 11 is 0. The van der Waals surface area contributed by atoms with Crippen molar-refractivity contribution in [1.82, 2.24) is 20.2 Å². The largest absolute Gasteiger partial charge is 0.366 e. The van der Waals surface area contributed by atoms with Crippen LogP contribution in [-0.2, 0) is 17.6 Å². The fraction of sp³-hybridized carbons (Fsp3) is 0.185. The molecule has 4 aromatic rings. The molecule has 5 nitrogen and oxygen atoms in total. The molecule has 160 valence electrons. The maximum Gasteiger partial charge on any atom is 0.246 e. The van der Waals surface area contributed by atoms with Gasteiger partial charge < -0.3 is 15.2 Å². The molecule has 3 aromatic carbocycles. The van der Waals surface area contributed by atoms with Crippen molar-refractivity contribution in [1.29, 1.82) is 0 Å². The lowest BCUT2D eigenvalue weighted by Gasteiger charge is -2.36. The minimum atomic E-state index is -0.645. The van der Waals surface area contributed by atoms with Gasteiger partial charge in [0.1, 0.15) is 11.4 Å². The molecule has 1 heterocycles. The minimum absolute atomic E-state index is 0.00640. The first-order chi connectivity index (χ1) is 15.5.